The van der Waals surface area contributed by atoms with Crippen LogP contribution in [0.5, 0.6) is 0 Å². The molecule has 0 aliphatic carbocycles. The van der Waals surface area contributed by atoms with Gasteiger partial charge in [-0.1, -0.05) is 0 Å². The number of aryl methyl sites for hydroxylation is 1. The lowest BCUT2D eigenvalue weighted by Crippen LogP contribution is -2.36. The number of aliphatic carboxylic acids is 1. The second kappa shape index (κ2) is 4.67. The molecule has 1 aliphatic rings. The first kappa shape index (κ1) is 12.7. The van der Waals surface area contributed by atoms with Gasteiger partial charge in [0.2, 0.25) is 0 Å². The second-order valence-corrected chi connectivity index (χ2v) is 5.08. The van der Waals surface area contributed by atoms with Crippen molar-refractivity contribution in [2.75, 3.05) is 18.0 Å². The third kappa shape index (κ3) is 2.05. The van der Waals surface area contributed by atoms with Crippen molar-refractivity contribution in [1.29, 1.82) is 0 Å². The molecule has 0 saturated carbocycles. The SMILES string of the molecule is Cc1c(CC(=O)O)c(=O)oc2cc(N3CCC3)ccc12. The predicted octanol–water partition coefficient (Wildman–Crippen LogP) is 1.94. The molecule has 20 heavy (non-hydrogen) atoms. The van der Waals surface area contributed by atoms with E-state index in [0.717, 1.165) is 24.2 Å². The van der Waals surface area contributed by atoms with Gasteiger partial charge in [-0.3, -0.25) is 4.79 Å². The molecule has 1 aromatic carbocycles. The van der Waals surface area contributed by atoms with Crippen molar-refractivity contribution in [3.63, 3.8) is 0 Å². The Labute approximate surface area is 115 Å². The van der Waals surface area contributed by atoms with Crippen LogP contribution < -0.4 is 10.5 Å². The molecule has 2 heterocycles. The summed E-state index contributed by atoms with van der Waals surface area (Å²) in [5, 5.41) is 9.65. The van der Waals surface area contributed by atoms with Crippen LogP contribution in [0.1, 0.15) is 17.5 Å². The molecule has 1 saturated heterocycles. The summed E-state index contributed by atoms with van der Waals surface area (Å²) in [7, 11) is 0. The topological polar surface area (TPSA) is 70.7 Å². The van der Waals surface area contributed by atoms with Gasteiger partial charge in [-0.05, 0) is 31.0 Å². The van der Waals surface area contributed by atoms with Gasteiger partial charge in [-0.25, -0.2) is 4.79 Å². The Balaban J connectivity index is 2.13. The Morgan fingerprint density at radius 3 is 2.75 bits per heavy atom. The third-order valence-electron chi connectivity index (χ3n) is 3.82. The van der Waals surface area contributed by atoms with E-state index >= 15 is 0 Å². The fraction of sp³-hybridized carbons (Fsp3) is 0.333. The molecule has 0 bridgehead atoms. The average molecular weight is 273 g/mol. The molecule has 104 valence electrons. The number of hydrogen-bond donors (Lipinski definition) is 1. The third-order valence-corrected chi connectivity index (χ3v) is 3.82. The highest BCUT2D eigenvalue weighted by molar-refractivity contribution is 5.85. The molecular weight excluding hydrogens is 258 g/mol. The summed E-state index contributed by atoms with van der Waals surface area (Å²) in [6, 6.07) is 5.74. The zero-order valence-corrected chi connectivity index (χ0v) is 11.2. The van der Waals surface area contributed by atoms with E-state index in [-0.39, 0.29) is 12.0 Å². The van der Waals surface area contributed by atoms with Crippen LogP contribution in [0.15, 0.2) is 27.4 Å². The van der Waals surface area contributed by atoms with Crippen LogP contribution in [-0.2, 0) is 11.2 Å². The van der Waals surface area contributed by atoms with E-state index in [4.69, 9.17) is 9.52 Å². The first-order valence-corrected chi connectivity index (χ1v) is 6.59. The molecule has 0 radical (unpaired) electrons. The summed E-state index contributed by atoms with van der Waals surface area (Å²) in [5.74, 6) is -1.03. The summed E-state index contributed by atoms with van der Waals surface area (Å²) in [6.45, 7) is 3.80. The van der Waals surface area contributed by atoms with Gasteiger partial charge in [-0.2, -0.15) is 0 Å². The van der Waals surface area contributed by atoms with Crippen LogP contribution in [0.2, 0.25) is 0 Å². The van der Waals surface area contributed by atoms with Crippen LogP contribution in [0.25, 0.3) is 11.0 Å². The van der Waals surface area contributed by atoms with Crippen molar-refractivity contribution in [2.24, 2.45) is 0 Å². The minimum atomic E-state index is -1.03. The summed E-state index contributed by atoms with van der Waals surface area (Å²) >= 11 is 0. The highest BCUT2D eigenvalue weighted by Gasteiger charge is 2.18. The summed E-state index contributed by atoms with van der Waals surface area (Å²) in [6.07, 6.45) is 0.872. The number of benzene rings is 1. The van der Waals surface area contributed by atoms with Crippen molar-refractivity contribution in [3.05, 3.63) is 39.7 Å². The van der Waals surface area contributed by atoms with E-state index in [2.05, 4.69) is 4.90 Å². The number of hydrogen-bond acceptors (Lipinski definition) is 4. The summed E-state index contributed by atoms with van der Waals surface area (Å²) in [5.41, 5.74) is 1.91. The van der Waals surface area contributed by atoms with Crippen LogP contribution in [0.3, 0.4) is 0 Å². The Morgan fingerprint density at radius 1 is 1.40 bits per heavy atom. The molecule has 5 nitrogen and oxygen atoms in total. The number of carboxylic acid groups (broad SMARTS) is 1. The molecule has 2 aromatic rings. The monoisotopic (exact) mass is 273 g/mol. The molecule has 0 spiro atoms. The van der Waals surface area contributed by atoms with E-state index in [1.807, 2.05) is 18.2 Å². The number of carboxylic acids is 1. The normalized spacial score (nSPS) is 14.3. The number of fused-ring (bicyclic) bond motifs is 1. The maximum atomic E-state index is 11.9. The first-order valence-electron chi connectivity index (χ1n) is 6.59. The minimum Gasteiger partial charge on any atom is -0.481 e. The second-order valence-electron chi connectivity index (χ2n) is 5.08. The minimum absolute atomic E-state index is 0.224. The van der Waals surface area contributed by atoms with E-state index in [1.54, 1.807) is 6.92 Å². The van der Waals surface area contributed by atoms with Crippen molar-refractivity contribution < 1.29 is 14.3 Å². The molecule has 0 unspecified atom stereocenters. The Hall–Kier alpha value is -2.30. The molecule has 1 fully saturated rings. The van der Waals surface area contributed by atoms with E-state index < -0.39 is 11.6 Å². The lowest BCUT2D eigenvalue weighted by molar-refractivity contribution is -0.136. The maximum absolute atomic E-state index is 11.9. The van der Waals surface area contributed by atoms with Crippen LogP contribution >= 0.6 is 0 Å². The lowest BCUT2D eigenvalue weighted by Gasteiger charge is -2.33. The molecule has 1 aromatic heterocycles. The van der Waals surface area contributed by atoms with Crippen LogP contribution in [0, 0.1) is 6.92 Å². The van der Waals surface area contributed by atoms with Crippen molar-refractivity contribution in [1.82, 2.24) is 0 Å². The maximum Gasteiger partial charge on any atom is 0.340 e. The predicted molar refractivity (Wildman–Crippen MR) is 75.4 cm³/mol. The zero-order valence-electron chi connectivity index (χ0n) is 11.2. The Morgan fingerprint density at radius 2 is 2.15 bits per heavy atom. The van der Waals surface area contributed by atoms with Crippen molar-refractivity contribution in [2.45, 2.75) is 19.8 Å². The standard InChI is InChI=1S/C15H15NO4/c1-9-11-4-3-10(16-5-2-6-16)7-13(11)20-15(19)12(9)8-14(17)18/h3-4,7H,2,5-6,8H2,1H3,(H,17,18). The number of anilines is 1. The van der Waals surface area contributed by atoms with Gasteiger partial charge >= 0.3 is 11.6 Å². The van der Waals surface area contributed by atoms with Crippen LogP contribution in [0.4, 0.5) is 5.69 Å². The molecule has 0 amide bonds. The molecule has 5 heteroatoms. The largest absolute Gasteiger partial charge is 0.481 e. The van der Waals surface area contributed by atoms with Gasteiger partial charge in [0.25, 0.3) is 0 Å². The Bertz CT molecular complexity index is 743. The van der Waals surface area contributed by atoms with E-state index in [9.17, 15) is 9.59 Å². The highest BCUT2D eigenvalue weighted by atomic mass is 16.4. The van der Waals surface area contributed by atoms with Gasteiger partial charge in [0.1, 0.15) is 5.58 Å². The lowest BCUT2D eigenvalue weighted by atomic mass is 10.0. The highest BCUT2D eigenvalue weighted by Crippen LogP contribution is 2.27. The number of rotatable bonds is 3. The Kier molecular flexibility index (Phi) is 2.97. The van der Waals surface area contributed by atoms with Gasteiger partial charge in [0.05, 0.1) is 12.0 Å². The van der Waals surface area contributed by atoms with E-state index in [0.29, 0.717) is 11.1 Å². The average Bonchev–Trinajstić information content (AvgIpc) is 2.32. The quantitative estimate of drug-likeness (QED) is 0.865. The smallest absolute Gasteiger partial charge is 0.340 e. The zero-order chi connectivity index (χ0) is 14.3. The fourth-order valence-electron chi connectivity index (χ4n) is 2.51. The molecule has 3 rings (SSSR count). The molecule has 0 atom stereocenters. The summed E-state index contributed by atoms with van der Waals surface area (Å²) in [4.78, 5) is 24.9. The van der Waals surface area contributed by atoms with E-state index in [1.165, 1.54) is 6.42 Å². The summed E-state index contributed by atoms with van der Waals surface area (Å²) < 4.78 is 5.29. The van der Waals surface area contributed by atoms with Crippen molar-refractivity contribution in [3.8, 4) is 0 Å². The first-order chi connectivity index (χ1) is 9.56. The van der Waals surface area contributed by atoms with Gasteiger partial charge in [0, 0.05) is 30.2 Å². The van der Waals surface area contributed by atoms with Crippen LogP contribution in [-0.4, -0.2) is 24.2 Å². The number of carbonyl (C=O) groups is 1. The molecular formula is C15H15NO4. The van der Waals surface area contributed by atoms with Gasteiger partial charge in [0.15, 0.2) is 0 Å². The fourth-order valence-corrected chi connectivity index (χ4v) is 2.51. The van der Waals surface area contributed by atoms with Gasteiger partial charge < -0.3 is 14.4 Å². The molecule has 1 aliphatic heterocycles. The van der Waals surface area contributed by atoms with Gasteiger partial charge in [-0.15, -0.1) is 0 Å². The number of nitrogens with zero attached hydrogens (tertiary/aromatic N) is 1. The van der Waals surface area contributed by atoms with Crippen molar-refractivity contribution >= 4 is 22.6 Å². The molecule has 1 N–H and O–H groups in total.